The minimum atomic E-state index is -0.0756. The van der Waals surface area contributed by atoms with E-state index in [0.717, 1.165) is 26.1 Å². The van der Waals surface area contributed by atoms with Crippen LogP contribution in [0.4, 0.5) is 4.79 Å². The molecule has 0 saturated carbocycles. The van der Waals surface area contributed by atoms with Crippen LogP contribution in [0, 0.1) is 5.92 Å². The van der Waals surface area contributed by atoms with Crippen molar-refractivity contribution in [1.29, 1.82) is 0 Å². The molecule has 1 aromatic carbocycles. The topological polar surface area (TPSA) is 44.4 Å². The highest BCUT2D eigenvalue weighted by Gasteiger charge is 2.26. The molecule has 104 valence electrons. The second-order valence-corrected chi connectivity index (χ2v) is 5.32. The highest BCUT2D eigenvalue weighted by atomic mass is 16.2. The van der Waals surface area contributed by atoms with Gasteiger partial charge in [0, 0.05) is 32.7 Å². The summed E-state index contributed by atoms with van der Waals surface area (Å²) < 4.78 is 0. The number of nitrogens with zero attached hydrogens (tertiary/aromatic N) is 1. The molecule has 4 heteroatoms. The van der Waals surface area contributed by atoms with E-state index in [1.54, 1.807) is 7.05 Å². The van der Waals surface area contributed by atoms with Crippen molar-refractivity contribution >= 4 is 6.03 Å². The van der Waals surface area contributed by atoms with Crippen molar-refractivity contribution in [3.63, 3.8) is 0 Å². The van der Waals surface area contributed by atoms with Crippen molar-refractivity contribution in [2.24, 2.45) is 5.92 Å². The van der Waals surface area contributed by atoms with E-state index in [1.165, 1.54) is 5.56 Å². The fourth-order valence-electron chi connectivity index (χ4n) is 2.67. The van der Waals surface area contributed by atoms with E-state index in [0.29, 0.717) is 5.92 Å². The van der Waals surface area contributed by atoms with Gasteiger partial charge in [0.1, 0.15) is 0 Å². The lowest BCUT2D eigenvalue weighted by Crippen LogP contribution is -2.51. The molecule has 0 aromatic heterocycles. The lowest BCUT2D eigenvalue weighted by Gasteiger charge is -2.37. The van der Waals surface area contributed by atoms with Gasteiger partial charge in [-0.15, -0.1) is 0 Å². The molecule has 0 radical (unpaired) electrons. The highest BCUT2D eigenvalue weighted by Crippen LogP contribution is 2.18. The van der Waals surface area contributed by atoms with E-state index in [2.05, 4.69) is 46.7 Å². The van der Waals surface area contributed by atoms with Crippen molar-refractivity contribution in [3.05, 3.63) is 35.9 Å². The van der Waals surface area contributed by atoms with Crippen molar-refractivity contribution in [2.45, 2.75) is 25.9 Å². The van der Waals surface area contributed by atoms with E-state index >= 15 is 0 Å². The van der Waals surface area contributed by atoms with Crippen LogP contribution < -0.4 is 10.6 Å². The molecule has 2 N–H and O–H groups in total. The second kappa shape index (κ2) is 6.57. The van der Waals surface area contributed by atoms with Crippen LogP contribution in [0.25, 0.3) is 0 Å². The van der Waals surface area contributed by atoms with Crippen molar-refractivity contribution in [1.82, 2.24) is 15.5 Å². The fourth-order valence-corrected chi connectivity index (χ4v) is 2.67. The summed E-state index contributed by atoms with van der Waals surface area (Å²) >= 11 is 0. The second-order valence-electron chi connectivity index (χ2n) is 5.32. The van der Waals surface area contributed by atoms with Gasteiger partial charge < -0.3 is 10.6 Å². The van der Waals surface area contributed by atoms with Crippen LogP contribution in [0.3, 0.4) is 0 Å². The third kappa shape index (κ3) is 3.96. The predicted molar refractivity (Wildman–Crippen MR) is 76.9 cm³/mol. The number of rotatable bonds is 3. The van der Waals surface area contributed by atoms with Gasteiger partial charge in [-0.3, -0.25) is 4.90 Å². The Kier molecular flexibility index (Phi) is 4.80. The molecule has 1 fully saturated rings. The van der Waals surface area contributed by atoms with E-state index in [-0.39, 0.29) is 12.1 Å². The monoisotopic (exact) mass is 261 g/mol. The quantitative estimate of drug-likeness (QED) is 0.872. The van der Waals surface area contributed by atoms with Crippen LogP contribution in [-0.2, 0) is 6.54 Å². The summed E-state index contributed by atoms with van der Waals surface area (Å²) in [6.45, 7) is 5.27. The van der Waals surface area contributed by atoms with Crippen LogP contribution in [0.1, 0.15) is 18.9 Å². The third-order valence-corrected chi connectivity index (χ3v) is 3.78. The average Bonchev–Trinajstić information content (AvgIpc) is 2.43. The fraction of sp³-hybridized carbons (Fsp3) is 0.533. The summed E-state index contributed by atoms with van der Waals surface area (Å²) in [7, 11) is 1.66. The molecule has 1 aliphatic heterocycles. The third-order valence-electron chi connectivity index (χ3n) is 3.78. The first-order valence-electron chi connectivity index (χ1n) is 6.93. The Morgan fingerprint density at radius 3 is 2.74 bits per heavy atom. The maximum absolute atomic E-state index is 11.4. The zero-order valence-electron chi connectivity index (χ0n) is 11.7. The molecule has 0 spiro atoms. The Labute approximate surface area is 115 Å². The first-order valence-corrected chi connectivity index (χ1v) is 6.93. The first kappa shape index (κ1) is 13.9. The largest absolute Gasteiger partial charge is 0.341 e. The average molecular weight is 261 g/mol. The van der Waals surface area contributed by atoms with Gasteiger partial charge in [0.15, 0.2) is 0 Å². The lowest BCUT2D eigenvalue weighted by atomic mass is 9.93. The molecule has 2 unspecified atom stereocenters. The van der Waals surface area contributed by atoms with Crippen LogP contribution in [0.2, 0.25) is 0 Å². The number of piperidine rings is 1. The highest BCUT2D eigenvalue weighted by molar-refractivity contribution is 5.73. The predicted octanol–water partition coefficient (Wildman–Crippen LogP) is 1.83. The summed E-state index contributed by atoms with van der Waals surface area (Å²) in [6, 6.07) is 10.8. The van der Waals surface area contributed by atoms with Gasteiger partial charge >= 0.3 is 6.03 Å². The number of urea groups is 1. The molecule has 1 saturated heterocycles. The number of amides is 2. The summed E-state index contributed by atoms with van der Waals surface area (Å²) in [5.41, 5.74) is 1.35. The molecule has 19 heavy (non-hydrogen) atoms. The van der Waals surface area contributed by atoms with Gasteiger partial charge in [0.2, 0.25) is 0 Å². The van der Waals surface area contributed by atoms with E-state index < -0.39 is 0 Å². The molecular formula is C15H23N3O. The van der Waals surface area contributed by atoms with E-state index in [4.69, 9.17) is 0 Å². The van der Waals surface area contributed by atoms with Gasteiger partial charge in [-0.2, -0.15) is 0 Å². The number of benzene rings is 1. The maximum Gasteiger partial charge on any atom is 0.314 e. The molecule has 1 aliphatic rings. The van der Waals surface area contributed by atoms with Crippen molar-refractivity contribution < 1.29 is 4.79 Å². The number of hydrogen-bond acceptors (Lipinski definition) is 2. The summed E-state index contributed by atoms with van der Waals surface area (Å²) in [5.74, 6) is 0.481. The minimum Gasteiger partial charge on any atom is -0.341 e. The lowest BCUT2D eigenvalue weighted by molar-refractivity contribution is 0.142. The minimum absolute atomic E-state index is 0.0756. The van der Waals surface area contributed by atoms with Gasteiger partial charge in [-0.1, -0.05) is 37.3 Å². The van der Waals surface area contributed by atoms with Crippen molar-refractivity contribution in [3.8, 4) is 0 Å². The molecule has 1 aromatic rings. The SMILES string of the molecule is CNC(=O)NC1CCN(Cc2ccccc2)CC1C. The number of nitrogens with one attached hydrogen (secondary N) is 2. The Morgan fingerprint density at radius 1 is 1.37 bits per heavy atom. The molecule has 2 amide bonds. The maximum atomic E-state index is 11.4. The molecule has 0 bridgehead atoms. The van der Waals surface area contributed by atoms with Crippen LogP contribution in [0.5, 0.6) is 0 Å². The number of hydrogen-bond donors (Lipinski definition) is 2. The molecule has 2 rings (SSSR count). The summed E-state index contributed by atoms with van der Waals surface area (Å²) in [5, 5.41) is 5.65. The Morgan fingerprint density at radius 2 is 2.11 bits per heavy atom. The zero-order chi connectivity index (χ0) is 13.7. The molecular weight excluding hydrogens is 238 g/mol. The van der Waals surface area contributed by atoms with Crippen LogP contribution >= 0.6 is 0 Å². The van der Waals surface area contributed by atoms with E-state index in [1.807, 2.05) is 6.07 Å². The van der Waals surface area contributed by atoms with Gasteiger partial charge in [0.25, 0.3) is 0 Å². The Balaban J connectivity index is 1.84. The van der Waals surface area contributed by atoms with Crippen LogP contribution in [-0.4, -0.2) is 37.1 Å². The molecule has 4 nitrogen and oxygen atoms in total. The smallest absolute Gasteiger partial charge is 0.314 e. The summed E-state index contributed by atoms with van der Waals surface area (Å²) in [4.78, 5) is 13.8. The zero-order valence-corrected chi connectivity index (χ0v) is 11.7. The Bertz CT molecular complexity index is 407. The van der Waals surface area contributed by atoms with Crippen molar-refractivity contribution in [2.75, 3.05) is 20.1 Å². The van der Waals surface area contributed by atoms with Gasteiger partial charge in [-0.25, -0.2) is 4.79 Å². The van der Waals surface area contributed by atoms with Gasteiger partial charge in [0.05, 0.1) is 0 Å². The first-order chi connectivity index (χ1) is 9.19. The number of likely N-dealkylation sites (tertiary alicyclic amines) is 1. The number of carbonyl (C=O) groups excluding carboxylic acids is 1. The number of carbonyl (C=O) groups is 1. The molecule has 0 aliphatic carbocycles. The molecule has 2 atom stereocenters. The molecule has 1 heterocycles. The van der Waals surface area contributed by atoms with Crippen LogP contribution in [0.15, 0.2) is 30.3 Å². The Hall–Kier alpha value is -1.55. The van der Waals surface area contributed by atoms with E-state index in [9.17, 15) is 4.79 Å². The standard InChI is InChI=1S/C15H23N3O/c1-12-10-18(11-13-6-4-3-5-7-13)9-8-14(12)17-15(19)16-2/h3-7,12,14H,8-11H2,1-2H3,(H2,16,17,19). The normalized spacial score (nSPS) is 23.9. The van der Waals surface area contributed by atoms with Gasteiger partial charge in [-0.05, 0) is 17.9 Å². The summed E-state index contributed by atoms with van der Waals surface area (Å²) in [6.07, 6.45) is 1.02.